The van der Waals surface area contributed by atoms with Crippen molar-refractivity contribution >= 4 is 21.9 Å². The lowest BCUT2D eigenvalue weighted by Crippen LogP contribution is -2.05. The number of hydrogen-bond acceptors (Lipinski definition) is 3. The molecule has 1 heterocycles. The molecule has 0 aliphatic rings. The van der Waals surface area contributed by atoms with Gasteiger partial charge in [-0.25, -0.2) is 4.68 Å². The van der Waals surface area contributed by atoms with Crippen LogP contribution in [0.1, 0.15) is 5.56 Å². The summed E-state index contributed by atoms with van der Waals surface area (Å²) in [5.74, 6) is 0.0387. The highest BCUT2D eigenvalue weighted by atomic mass is 79.9. The zero-order chi connectivity index (χ0) is 12.6. The van der Waals surface area contributed by atoms with Crippen molar-refractivity contribution in [3.63, 3.8) is 0 Å². The summed E-state index contributed by atoms with van der Waals surface area (Å²) in [6.45, 7) is 0. The fourth-order valence-electron chi connectivity index (χ4n) is 1.26. The van der Waals surface area contributed by atoms with E-state index in [1.54, 1.807) is 0 Å². The summed E-state index contributed by atoms with van der Waals surface area (Å²) in [4.78, 5) is 3.78. The number of nitrogen functional groups attached to an aromatic ring is 1. The third-order valence-corrected chi connectivity index (χ3v) is 2.54. The van der Waals surface area contributed by atoms with Gasteiger partial charge in [-0.1, -0.05) is 0 Å². The maximum absolute atomic E-state index is 12.3. The molecular formula is C9H6BrF3N4. The number of alkyl halides is 3. The molecule has 0 aliphatic carbocycles. The van der Waals surface area contributed by atoms with Gasteiger partial charge in [-0.2, -0.15) is 18.2 Å². The first-order valence-electron chi connectivity index (χ1n) is 4.43. The van der Waals surface area contributed by atoms with Gasteiger partial charge in [0, 0.05) is 0 Å². The molecule has 0 fully saturated rings. The molecule has 0 radical (unpaired) electrons. The molecule has 1 aromatic carbocycles. The van der Waals surface area contributed by atoms with Crippen LogP contribution in [0.25, 0.3) is 5.69 Å². The van der Waals surface area contributed by atoms with E-state index in [0.29, 0.717) is 10.4 Å². The largest absolute Gasteiger partial charge is 0.416 e. The summed E-state index contributed by atoms with van der Waals surface area (Å²) in [6, 6.07) is 4.53. The minimum Gasteiger partial charge on any atom is -0.366 e. The van der Waals surface area contributed by atoms with E-state index in [1.807, 2.05) is 0 Å². The third kappa shape index (κ3) is 2.41. The summed E-state index contributed by atoms with van der Waals surface area (Å²) < 4.78 is 38.7. The monoisotopic (exact) mass is 306 g/mol. The first kappa shape index (κ1) is 11.9. The van der Waals surface area contributed by atoms with Crippen molar-refractivity contribution in [1.29, 1.82) is 0 Å². The second-order valence-corrected chi connectivity index (χ2v) is 3.90. The van der Waals surface area contributed by atoms with Gasteiger partial charge in [0.25, 0.3) is 0 Å². The first-order valence-corrected chi connectivity index (χ1v) is 5.23. The van der Waals surface area contributed by atoms with Gasteiger partial charge in [0.1, 0.15) is 0 Å². The summed E-state index contributed by atoms with van der Waals surface area (Å²) >= 11 is 3.10. The highest BCUT2D eigenvalue weighted by molar-refractivity contribution is 9.10. The molecule has 2 aromatic rings. The van der Waals surface area contributed by atoms with Crippen LogP contribution >= 0.6 is 15.9 Å². The Morgan fingerprint density at radius 2 is 1.76 bits per heavy atom. The van der Waals surface area contributed by atoms with E-state index in [-0.39, 0.29) is 5.95 Å². The standard InChI is InChI=1S/C9H6BrF3N4/c10-7-15-8(14)16-17(7)6-3-1-5(2-4-6)9(11,12)13/h1-4H,(H2,14,16). The van der Waals surface area contributed by atoms with Crippen molar-refractivity contribution in [3.05, 3.63) is 34.6 Å². The van der Waals surface area contributed by atoms with Gasteiger partial charge in [-0.05, 0) is 40.2 Å². The van der Waals surface area contributed by atoms with Crippen molar-refractivity contribution in [2.45, 2.75) is 6.18 Å². The molecule has 2 rings (SSSR count). The van der Waals surface area contributed by atoms with Crippen LogP contribution in [0.15, 0.2) is 29.0 Å². The molecule has 0 saturated heterocycles. The number of hydrogen-bond donors (Lipinski definition) is 1. The summed E-state index contributed by atoms with van der Waals surface area (Å²) in [6.07, 6.45) is -4.35. The van der Waals surface area contributed by atoms with E-state index in [0.717, 1.165) is 12.1 Å². The molecule has 4 nitrogen and oxygen atoms in total. The Labute approximate surface area is 102 Å². The van der Waals surface area contributed by atoms with Gasteiger partial charge >= 0.3 is 6.18 Å². The van der Waals surface area contributed by atoms with E-state index in [4.69, 9.17) is 5.73 Å². The molecule has 0 aliphatic heterocycles. The van der Waals surface area contributed by atoms with Crippen molar-refractivity contribution in [2.75, 3.05) is 5.73 Å². The van der Waals surface area contributed by atoms with Crippen LogP contribution in [0.2, 0.25) is 0 Å². The van der Waals surface area contributed by atoms with E-state index in [2.05, 4.69) is 26.0 Å². The number of nitrogens with two attached hydrogens (primary N) is 1. The Morgan fingerprint density at radius 1 is 1.18 bits per heavy atom. The predicted molar refractivity (Wildman–Crippen MR) is 58.5 cm³/mol. The van der Waals surface area contributed by atoms with Crippen molar-refractivity contribution in [3.8, 4) is 5.69 Å². The van der Waals surface area contributed by atoms with Crippen LogP contribution in [0.4, 0.5) is 19.1 Å². The quantitative estimate of drug-likeness (QED) is 0.881. The van der Waals surface area contributed by atoms with E-state index >= 15 is 0 Å². The van der Waals surface area contributed by atoms with Crippen LogP contribution < -0.4 is 5.73 Å². The summed E-state index contributed by atoms with van der Waals surface area (Å²) in [5, 5.41) is 3.83. The van der Waals surface area contributed by atoms with E-state index in [9.17, 15) is 13.2 Å². The lowest BCUT2D eigenvalue weighted by molar-refractivity contribution is -0.137. The zero-order valence-corrected chi connectivity index (χ0v) is 9.83. The lowest BCUT2D eigenvalue weighted by Gasteiger charge is -2.07. The Balaban J connectivity index is 2.39. The van der Waals surface area contributed by atoms with Crippen molar-refractivity contribution in [1.82, 2.24) is 14.8 Å². The third-order valence-electron chi connectivity index (χ3n) is 2.02. The molecule has 0 saturated carbocycles. The van der Waals surface area contributed by atoms with Gasteiger partial charge in [0.05, 0.1) is 11.3 Å². The highest BCUT2D eigenvalue weighted by Gasteiger charge is 2.30. The van der Waals surface area contributed by atoms with E-state index in [1.165, 1.54) is 16.8 Å². The highest BCUT2D eigenvalue weighted by Crippen LogP contribution is 2.29. The maximum Gasteiger partial charge on any atom is 0.416 e. The minimum absolute atomic E-state index is 0.0387. The van der Waals surface area contributed by atoms with Crippen LogP contribution in [0, 0.1) is 0 Å². The smallest absolute Gasteiger partial charge is 0.366 e. The first-order chi connectivity index (χ1) is 7.88. The van der Waals surface area contributed by atoms with Crippen LogP contribution in [0.3, 0.4) is 0 Å². The predicted octanol–water partition coefficient (Wildman–Crippen LogP) is 2.63. The van der Waals surface area contributed by atoms with Crippen LogP contribution in [0.5, 0.6) is 0 Å². The molecule has 17 heavy (non-hydrogen) atoms. The number of nitrogens with zero attached hydrogens (tertiary/aromatic N) is 3. The number of aromatic nitrogens is 3. The summed E-state index contributed by atoms with van der Waals surface area (Å²) in [7, 11) is 0. The Kier molecular flexibility index (Phi) is 2.82. The van der Waals surface area contributed by atoms with Gasteiger partial charge in [-0.15, -0.1) is 5.10 Å². The average molecular weight is 307 g/mol. The normalized spacial score (nSPS) is 11.8. The molecule has 8 heteroatoms. The van der Waals surface area contributed by atoms with Gasteiger partial charge in [-0.3, -0.25) is 0 Å². The maximum atomic E-state index is 12.3. The molecule has 0 spiro atoms. The van der Waals surface area contributed by atoms with Crippen LogP contribution in [-0.4, -0.2) is 14.8 Å². The van der Waals surface area contributed by atoms with Gasteiger partial charge in [0.15, 0.2) is 0 Å². The molecule has 1 aromatic heterocycles. The SMILES string of the molecule is Nc1nc(Br)n(-c2ccc(C(F)(F)F)cc2)n1. The molecule has 0 amide bonds. The fourth-order valence-corrected chi connectivity index (χ4v) is 1.73. The molecule has 0 bridgehead atoms. The molecular weight excluding hydrogens is 301 g/mol. The molecule has 90 valence electrons. The number of anilines is 1. The van der Waals surface area contributed by atoms with Crippen LogP contribution in [-0.2, 0) is 6.18 Å². The number of benzene rings is 1. The van der Waals surface area contributed by atoms with E-state index < -0.39 is 11.7 Å². The van der Waals surface area contributed by atoms with Gasteiger partial charge in [0.2, 0.25) is 10.7 Å². The Bertz CT molecular complexity index is 532. The number of rotatable bonds is 1. The topological polar surface area (TPSA) is 56.7 Å². The Hall–Kier alpha value is -1.57. The number of halogens is 4. The Morgan fingerprint density at radius 3 is 2.18 bits per heavy atom. The van der Waals surface area contributed by atoms with Gasteiger partial charge < -0.3 is 5.73 Å². The molecule has 2 N–H and O–H groups in total. The van der Waals surface area contributed by atoms with Crippen molar-refractivity contribution < 1.29 is 13.2 Å². The second kappa shape index (κ2) is 4.02. The summed E-state index contributed by atoms with van der Waals surface area (Å²) in [5.41, 5.74) is 5.08. The zero-order valence-electron chi connectivity index (χ0n) is 8.24. The molecule has 0 unspecified atom stereocenters. The average Bonchev–Trinajstić information content (AvgIpc) is 2.57. The van der Waals surface area contributed by atoms with Crippen molar-refractivity contribution in [2.24, 2.45) is 0 Å². The minimum atomic E-state index is -4.35. The lowest BCUT2D eigenvalue weighted by atomic mass is 10.2. The second-order valence-electron chi connectivity index (χ2n) is 3.20. The fraction of sp³-hybridized carbons (Fsp3) is 0.111. The molecule has 0 atom stereocenters.